The minimum atomic E-state index is -0.416. The molecule has 0 radical (unpaired) electrons. The summed E-state index contributed by atoms with van der Waals surface area (Å²) < 4.78 is 11.0. The van der Waals surface area contributed by atoms with Crippen LogP contribution in [0.2, 0.25) is 0 Å². The maximum atomic E-state index is 11.7. The molecule has 0 bridgehead atoms. The van der Waals surface area contributed by atoms with Crippen LogP contribution in [0.5, 0.6) is 5.75 Å². The molecule has 0 unspecified atom stereocenters. The van der Waals surface area contributed by atoms with Crippen LogP contribution in [0.15, 0.2) is 85.2 Å². The Morgan fingerprint density at radius 2 is 1.62 bits per heavy atom. The van der Waals surface area contributed by atoms with Gasteiger partial charge in [0.2, 0.25) is 0 Å². The van der Waals surface area contributed by atoms with Gasteiger partial charge in [-0.15, -0.1) is 0 Å². The number of aromatic nitrogens is 1. The quantitative estimate of drug-likeness (QED) is 0.525. The number of carbonyl (C=O) groups excluding carboxylic acids is 1. The first kappa shape index (κ1) is 20.1. The second-order valence-corrected chi connectivity index (χ2v) is 6.41. The molecule has 1 amide bonds. The van der Waals surface area contributed by atoms with Crippen LogP contribution in [-0.2, 0) is 18.0 Å². The molecule has 29 heavy (non-hydrogen) atoms. The van der Waals surface area contributed by atoms with Gasteiger partial charge < -0.3 is 14.8 Å². The normalized spacial score (nSPS) is 10.6. The Morgan fingerprint density at radius 1 is 0.931 bits per heavy atom. The Kier molecular flexibility index (Phi) is 7.84. The van der Waals surface area contributed by atoms with Gasteiger partial charge in [0.05, 0.1) is 6.20 Å². The third-order valence-corrected chi connectivity index (χ3v) is 4.09. The Hall–Kier alpha value is -3.60. The number of hydrogen-bond donors (Lipinski definition) is 1. The number of hydrogen-bond acceptors (Lipinski definition) is 4. The minimum Gasteiger partial charge on any atom is -0.487 e. The zero-order valence-corrected chi connectivity index (χ0v) is 16.2. The molecule has 1 N–H and O–H groups in total. The molecule has 148 valence electrons. The average Bonchev–Trinajstić information content (AvgIpc) is 2.78. The van der Waals surface area contributed by atoms with E-state index in [4.69, 9.17) is 9.47 Å². The summed E-state index contributed by atoms with van der Waals surface area (Å²) >= 11 is 0. The maximum absolute atomic E-state index is 11.7. The fourth-order valence-electron chi connectivity index (χ4n) is 2.60. The molecule has 0 fully saturated rings. The van der Waals surface area contributed by atoms with E-state index in [1.165, 1.54) is 0 Å². The van der Waals surface area contributed by atoms with Crippen LogP contribution in [0.3, 0.4) is 0 Å². The highest BCUT2D eigenvalue weighted by Crippen LogP contribution is 2.14. The first-order chi connectivity index (χ1) is 14.3. The van der Waals surface area contributed by atoms with Gasteiger partial charge in [-0.2, -0.15) is 0 Å². The van der Waals surface area contributed by atoms with Crippen molar-refractivity contribution in [2.24, 2.45) is 0 Å². The Bertz CT molecular complexity index is 912. The summed E-state index contributed by atoms with van der Waals surface area (Å²) in [5.41, 5.74) is 3.02. The third kappa shape index (κ3) is 7.50. The monoisotopic (exact) mass is 388 g/mol. The molecule has 5 heteroatoms. The summed E-state index contributed by atoms with van der Waals surface area (Å²) in [5, 5.41) is 2.74. The molecule has 0 atom stereocenters. The van der Waals surface area contributed by atoms with E-state index < -0.39 is 6.09 Å². The second kappa shape index (κ2) is 11.3. The van der Waals surface area contributed by atoms with Gasteiger partial charge in [0.25, 0.3) is 0 Å². The summed E-state index contributed by atoms with van der Waals surface area (Å²) in [6, 6.07) is 21.5. The van der Waals surface area contributed by atoms with Crippen molar-refractivity contribution in [3.8, 4) is 5.75 Å². The number of rotatable bonds is 9. The van der Waals surface area contributed by atoms with Gasteiger partial charge in [0, 0.05) is 12.7 Å². The van der Waals surface area contributed by atoms with Crippen LogP contribution in [-0.4, -0.2) is 17.6 Å². The van der Waals surface area contributed by atoms with Gasteiger partial charge >= 0.3 is 6.09 Å². The molecule has 1 aromatic heterocycles. The van der Waals surface area contributed by atoms with Crippen LogP contribution in [0.25, 0.3) is 6.08 Å². The van der Waals surface area contributed by atoms with Crippen LogP contribution in [0.1, 0.15) is 23.1 Å². The van der Waals surface area contributed by atoms with Gasteiger partial charge in [-0.3, -0.25) is 4.98 Å². The van der Waals surface area contributed by atoms with Gasteiger partial charge in [0.15, 0.2) is 0 Å². The smallest absolute Gasteiger partial charge is 0.407 e. The Morgan fingerprint density at radius 3 is 2.34 bits per heavy atom. The number of benzene rings is 2. The van der Waals surface area contributed by atoms with Crippen molar-refractivity contribution in [3.05, 3.63) is 102 Å². The van der Waals surface area contributed by atoms with Gasteiger partial charge in [-0.25, -0.2) is 4.79 Å². The van der Waals surface area contributed by atoms with Crippen LogP contribution in [0, 0.1) is 0 Å². The molecule has 0 aliphatic carbocycles. The van der Waals surface area contributed by atoms with E-state index in [2.05, 4.69) is 10.3 Å². The van der Waals surface area contributed by atoms with E-state index >= 15 is 0 Å². The third-order valence-electron chi connectivity index (χ3n) is 4.09. The molecule has 3 aromatic rings. The number of amides is 1. The highest BCUT2D eigenvalue weighted by molar-refractivity contribution is 5.67. The predicted molar refractivity (Wildman–Crippen MR) is 113 cm³/mol. The van der Waals surface area contributed by atoms with Crippen molar-refractivity contribution >= 4 is 12.2 Å². The van der Waals surface area contributed by atoms with Crippen molar-refractivity contribution in [1.82, 2.24) is 10.3 Å². The molecule has 2 aromatic carbocycles. The number of alkyl carbamates (subject to hydrolysis) is 1. The van der Waals surface area contributed by atoms with E-state index in [0.717, 1.165) is 22.4 Å². The van der Waals surface area contributed by atoms with E-state index in [-0.39, 0.29) is 6.61 Å². The van der Waals surface area contributed by atoms with Crippen molar-refractivity contribution in [3.63, 3.8) is 0 Å². The molecule has 0 aliphatic rings. The molecule has 1 heterocycles. The first-order valence-electron chi connectivity index (χ1n) is 9.52. The lowest BCUT2D eigenvalue weighted by molar-refractivity contribution is 0.140. The minimum absolute atomic E-state index is 0.268. The summed E-state index contributed by atoms with van der Waals surface area (Å²) in [4.78, 5) is 15.9. The Balaban J connectivity index is 1.36. The fourth-order valence-corrected chi connectivity index (χ4v) is 2.60. The summed E-state index contributed by atoms with van der Waals surface area (Å²) in [6.45, 7) is 1.27. The molecular weight excluding hydrogens is 364 g/mol. The van der Waals surface area contributed by atoms with Crippen molar-refractivity contribution in [2.75, 3.05) is 6.54 Å². The second-order valence-electron chi connectivity index (χ2n) is 6.41. The Labute approximate surface area is 171 Å². The lowest BCUT2D eigenvalue weighted by Crippen LogP contribution is -2.24. The summed E-state index contributed by atoms with van der Waals surface area (Å²) in [7, 11) is 0. The van der Waals surface area contributed by atoms with Crippen molar-refractivity contribution in [1.29, 1.82) is 0 Å². The number of ether oxygens (including phenoxy) is 2. The SMILES string of the molecule is O=C(NCCC=Cc1cncc(OCc2ccccc2)c1)OCc1ccccc1. The lowest BCUT2D eigenvalue weighted by Gasteiger charge is -2.06. The number of nitrogens with one attached hydrogen (secondary N) is 1. The maximum Gasteiger partial charge on any atom is 0.407 e. The van der Waals surface area contributed by atoms with Gasteiger partial charge in [0.1, 0.15) is 19.0 Å². The van der Waals surface area contributed by atoms with Crippen LogP contribution >= 0.6 is 0 Å². The van der Waals surface area contributed by atoms with Gasteiger partial charge in [-0.05, 0) is 29.2 Å². The van der Waals surface area contributed by atoms with E-state index in [1.807, 2.05) is 78.9 Å². The van der Waals surface area contributed by atoms with Crippen LogP contribution in [0.4, 0.5) is 4.79 Å². The molecule has 5 nitrogen and oxygen atoms in total. The van der Waals surface area contributed by atoms with E-state index in [9.17, 15) is 4.79 Å². The molecule has 0 saturated heterocycles. The van der Waals surface area contributed by atoms with Crippen LogP contribution < -0.4 is 10.1 Å². The summed E-state index contributed by atoms with van der Waals surface area (Å²) in [6.07, 6.45) is 7.68. The molecule has 3 rings (SSSR count). The molecular formula is C24H24N2O3. The fraction of sp³-hybridized carbons (Fsp3) is 0.167. The molecule has 0 spiro atoms. The van der Waals surface area contributed by atoms with E-state index in [0.29, 0.717) is 19.6 Å². The van der Waals surface area contributed by atoms with Gasteiger partial charge in [-0.1, -0.05) is 72.8 Å². The molecule has 0 saturated carbocycles. The standard InChI is InChI=1S/C24H24N2O3/c27-24(29-19-21-11-5-2-6-12-21)26-14-8-7-13-22-15-23(17-25-16-22)28-18-20-9-3-1-4-10-20/h1-7,9-13,15-17H,8,14,18-19H2,(H,26,27). The summed E-state index contributed by atoms with van der Waals surface area (Å²) in [5.74, 6) is 0.721. The average molecular weight is 388 g/mol. The molecule has 0 aliphatic heterocycles. The van der Waals surface area contributed by atoms with Crippen molar-refractivity contribution < 1.29 is 14.3 Å². The number of carbonyl (C=O) groups is 1. The van der Waals surface area contributed by atoms with Crippen molar-refractivity contribution in [2.45, 2.75) is 19.6 Å². The first-order valence-corrected chi connectivity index (χ1v) is 9.52. The zero-order chi connectivity index (χ0) is 20.2. The zero-order valence-electron chi connectivity index (χ0n) is 16.2. The number of nitrogens with zero attached hydrogens (tertiary/aromatic N) is 1. The highest BCUT2D eigenvalue weighted by Gasteiger charge is 2.01. The highest BCUT2D eigenvalue weighted by atomic mass is 16.5. The predicted octanol–water partition coefficient (Wildman–Crippen LogP) is 4.99. The largest absolute Gasteiger partial charge is 0.487 e. The van der Waals surface area contributed by atoms with E-state index in [1.54, 1.807) is 12.4 Å². The topological polar surface area (TPSA) is 60.5 Å². The lowest BCUT2D eigenvalue weighted by atomic mass is 10.2. The number of pyridine rings is 1.